The zero-order valence-corrected chi connectivity index (χ0v) is 25.6. The normalized spacial score (nSPS) is 10.5. The molecule has 0 heterocycles. The number of nitrogens with one attached hydrogen (secondary N) is 2. The minimum Gasteiger partial charge on any atom is -0.385 e. The van der Waals surface area contributed by atoms with E-state index in [4.69, 9.17) is 0 Å². The molecule has 0 fully saturated rings. The fraction of sp³-hybridized carbons (Fsp3) is 0.438. The minimum atomic E-state index is 0.0248. The number of hydrogen-bond donors (Lipinski definition) is 2. The van der Waals surface area contributed by atoms with E-state index in [0.717, 1.165) is 49.4 Å². The molecule has 0 saturated carbocycles. The summed E-state index contributed by atoms with van der Waals surface area (Å²) in [4.78, 5) is 25.3. The molecule has 0 aliphatic rings. The van der Waals surface area contributed by atoms with Gasteiger partial charge in [-0.25, -0.2) is 0 Å². The standard InChI is InChI=1S/C18H25BN2O.C9H11NO.C3H8O.C2H6/c1-5-6-18(19-3)21-13-15-8-10-16(11-9-15)17(20-4)12-7-14(2)22;1-2-8-4-3-5-9(6-8)10-7-11;1-3-4-2;1-2/h7-12,21H,5-6,13H2,1-4H3;3-7H,2H2,1H3,(H,10,11);3H2,1-2H3;1-2H3/b12-7-,20-17?;;;. The second kappa shape index (κ2) is 26.3. The van der Waals surface area contributed by atoms with Crippen molar-refractivity contribution in [2.75, 3.05) is 26.1 Å². The number of ether oxygens (including phenoxy) is 1. The van der Waals surface area contributed by atoms with Crippen molar-refractivity contribution in [2.45, 2.75) is 74.2 Å². The predicted octanol–water partition coefficient (Wildman–Crippen LogP) is 6.52. The first-order chi connectivity index (χ1) is 18.9. The van der Waals surface area contributed by atoms with Gasteiger partial charge in [0.2, 0.25) is 6.41 Å². The van der Waals surface area contributed by atoms with Gasteiger partial charge in [-0.2, -0.15) is 0 Å². The Morgan fingerprint density at radius 3 is 2.13 bits per heavy atom. The van der Waals surface area contributed by atoms with E-state index in [1.165, 1.54) is 23.6 Å². The molecule has 39 heavy (non-hydrogen) atoms. The number of anilines is 1. The van der Waals surface area contributed by atoms with Crippen molar-refractivity contribution >= 4 is 36.1 Å². The van der Waals surface area contributed by atoms with Crippen LogP contribution in [-0.2, 0) is 27.3 Å². The van der Waals surface area contributed by atoms with Gasteiger partial charge in [0.05, 0.1) is 0 Å². The van der Waals surface area contributed by atoms with Crippen LogP contribution in [0.1, 0.15) is 71.1 Å². The van der Waals surface area contributed by atoms with Crippen LogP contribution in [0.25, 0.3) is 0 Å². The van der Waals surface area contributed by atoms with Crippen LogP contribution in [0.3, 0.4) is 0 Å². The minimum absolute atomic E-state index is 0.0248. The predicted molar refractivity (Wildman–Crippen MR) is 172 cm³/mol. The van der Waals surface area contributed by atoms with Crippen molar-refractivity contribution < 1.29 is 14.3 Å². The zero-order valence-electron chi connectivity index (χ0n) is 25.6. The van der Waals surface area contributed by atoms with E-state index in [0.29, 0.717) is 6.41 Å². The molecule has 214 valence electrons. The Labute approximate surface area is 238 Å². The maximum atomic E-state index is 11.0. The Morgan fingerprint density at radius 1 is 1.03 bits per heavy atom. The molecule has 0 aliphatic heterocycles. The summed E-state index contributed by atoms with van der Waals surface area (Å²) in [5, 5.41) is 6.06. The van der Waals surface area contributed by atoms with Crippen molar-refractivity contribution in [3.05, 3.63) is 77.4 Å². The summed E-state index contributed by atoms with van der Waals surface area (Å²) in [5.41, 5.74) is 6.44. The molecule has 0 saturated heterocycles. The number of benzene rings is 2. The summed E-state index contributed by atoms with van der Waals surface area (Å²) >= 11 is 0. The van der Waals surface area contributed by atoms with E-state index >= 15 is 0 Å². The second-order valence-electron chi connectivity index (χ2n) is 8.06. The quantitative estimate of drug-likeness (QED) is 0.140. The summed E-state index contributed by atoms with van der Waals surface area (Å²) in [6.07, 6.45) is 7.21. The molecule has 0 bridgehead atoms. The Balaban J connectivity index is 0. The molecule has 2 N–H and O–H groups in total. The largest absolute Gasteiger partial charge is 0.385 e. The van der Waals surface area contributed by atoms with Gasteiger partial charge < -0.3 is 10.1 Å². The number of carbonyl (C=O) groups is 2. The van der Waals surface area contributed by atoms with Crippen LogP contribution in [-0.4, -0.2) is 51.2 Å². The Bertz CT molecular complexity index is 998. The van der Waals surface area contributed by atoms with Gasteiger partial charge in [0.15, 0.2) is 0 Å². The average molecular weight is 536 g/mol. The van der Waals surface area contributed by atoms with Crippen molar-refractivity contribution in [3.63, 3.8) is 0 Å². The number of nitrogens with zero attached hydrogens (tertiary/aromatic N) is 1. The second-order valence-corrected chi connectivity index (χ2v) is 8.06. The molecule has 0 radical (unpaired) electrons. The number of aliphatic imine (C=N–C) groups is 1. The van der Waals surface area contributed by atoms with Gasteiger partial charge in [-0.1, -0.05) is 32.9 Å². The first kappa shape index (κ1) is 37.8. The van der Waals surface area contributed by atoms with Crippen molar-refractivity contribution in [1.82, 2.24) is 5.32 Å². The number of ketones is 1. The maximum Gasteiger partial charge on any atom is 0.211 e. The monoisotopic (exact) mass is 535 g/mol. The molecular weight excluding hydrogens is 485 g/mol. The molecule has 6 nitrogen and oxygen atoms in total. The van der Waals surface area contributed by atoms with Crippen LogP contribution in [0.2, 0.25) is 6.82 Å². The van der Waals surface area contributed by atoms with Crippen LogP contribution in [0.4, 0.5) is 5.69 Å². The van der Waals surface area contributed by atoms with Gasteiger partial charge in [-0.05, 0) is 31.0 Å². The molecule has 0 aliphatic carbocycles. The van der Waals surface area contributed by atoms with E-state index in [1.807, 2.05) is 57.2 Å². The Kier molecular flexibility index (Phi) is 25.5. The smallest absolute Gasteiger partial charge is 0.211 e. The topological polar surface area (TPSA) is 79.8 Å². The van der Waals surface area contributed by atoms with E-state index in [-0.39, 0.29) is 5.78 Å². The first-order valence-electron chi connectivity index (χ1n) is 13.8. The van der Waals surface area contributed by atoms with Crippen LogP contribution in [0.15, 0.2) is 65.7 Å². The van der Waals surface area contributed by atoms with Crippen molar-refractivity contribution in [1.29, 1.82) is 0 Å². The SMILES string of the molecule is CB=C(CCC)NCc1ccc(C(/C=C\C(C)=O)=NC)cc1.CC.CCOC.CCc1cccc(NC=O)c1. The van der Waals surface area contributed by atoms with Gasteiger partial charge in [-0.3, -0.25) is 4.79 Å². The van der Waals surface area contributed by atoms with Gasteiger partial charge in [0.1, 0.15) is 0 Å². The summed E-state index contributed by atoms with van der Waals surface area (Å²) in [6, 6.07) is 16.1. The molecule has 2 aromatic carbocycles. The van der Waals surface area contributed by atoms with Gasteiger partial charge in [-0.15, -0.1) is 0 Å². The van der Waals surface area contributed by atoms with Gasteiger partial charge in [0, 0.05) is 19.4 Å². The third-order valence-corrected chi connectivity index (χ3v) is 5.20. The third kappa shape index (κ3) is 19.4. The summed E-state index contributed by atoms with van der Waals surface area (Å²) in [5.74, 6) is 0.0248. The molecule has 0 aromatic heterocycles. The van der Waals surface area contributed by atoms with Crippen molar-refractivity contribution in [3.8, 4) is 0 Å². The van der Waals surface area contributed by atoms with Gasteiger partial charge >= 0.3 is 134 Å². The van der Waals surface area contributed by atoms with E-state index in [2.05, 4.69) is 60.1 Å². The molecule has 1 amide bonds. The first-order valence-corrected chi connectivity index (χ1v) is 13.8. The maximum absolute atomic E-state index is 11.0. The van der Waals surface area contributed by atoms with Crippen LogP contribution >= 0.6 is 0 Å². The zero-order chi connectivity index (χ0) is 29.9. The van der Waals surface area contributed by atoms with Crippen LogP contribution in [0, 0.1) is 0 Å². The number of aryl methyl sites for hydroxylation is 1. The Morgan fingerprint density at radius 2 is 1.67 bits per heavy atom. The molecular formula is C32H50BN3O3. The van der Waals surface area contributed by atoms with Crippen LogP contribution < -0.4 is 10.6 Å². The number of amides is 1. The number of methoxy groups -OCH3 is 1. The molecule has 0 unspecified atom stereocenters. The summed E-state index contributed by atoms with van der Waals surface area (Å²) < 4.78 is 4.54. The summed E-state index contributed by atoms with van der Waals surface area (Å²) in [6.45, 7) is 17.6. The average Bonchev–Trinajstić information content (AvgIpc) is 2.98. The number of hydrogen-bond acceptors (Lipinski definition) is 5. The molecule has 2 aromatic rings. The number of rotatable bonds is 12. The number of allylic oxidation sites excluding steroid dienone is 2. The fourth-order valence-electron chi connectivity index (χ4n) is 3.06. The van der Waals surface area contributed by atoms with Crippen LogP contribution in [0.5, 0.6) is 0 Å². The number of carbonyl (C=O) groups excluding carboxylic acids is 2. The molecule has 7 heteroatoms. The van der Waals surface area contributed by atoms with Gasteiger partial charge in [0.25, 0.3) is 0 Å². The van der Waals surface area contributed by atoms with Crippen molar-refractivity contribution in [2.24, 2.45) is 4.99 Å². The summed E-state index contributed by atoms with van der Waals surface area (Å²) in [7, 11) is 3.42. The third-order valence-electron chi connectivity index (χ3n) is 5.20. The molecule has 0 atom stereocenters. The molecule has 2 rings (SSSR count). The van der Waals surface area contributed by atoms with E-state index < -0.39 is 0 Å². The fourth-order valence-corrected chi connectivity index (χ4v) is 3.06. The molecule has 0 spiro atoms. The van der Waals surface area contributed by atoms with E-state index in [1.54, 1.807) is 26.3 Å². The van der Waals surface area contributed by atoms with E-state index in [9.17, 15) is 9.59 Å². The Hall–Kier alpha value is -3.32.